The van der Waals surface area contributed by atoms with Crippen LogP contribution >= 0.6 is 0 Å². The molecule has 2 aromatic rings. The Kier molecular flexibility index (Phi) is 7.16. The second kappa shape index (κ2) is 9.56. The van der Waals surface area contributed by atoms with Crippen LogP contribution in [-0.2, 0) is 11.2 Å². The number of ether oxygens (including phenoxy) is 2. The Hall–Kier alpha value is -3.09. The number of non-ortho nitro benzene ring substituents is 1. The molecule has 1 amide bonds. The Morgan fingerprint density at radius 3 is 2.48 bits per heavy atom. The van der Waals surface area contributed by atoms with Gasteiger partial charge in [0.05, 0.1) is 18.1 Å². The lowest BCUT2D eigenvalue weighted by Gasteiger charge is -2.19. The molecule has 0 bridgehead atoms. The molecule has 0 saturated carbocycles. The molecular formula is C20H24N2O5. The Labute approximate surface area is 158 Å². The largest absolute Gasteiger partial charge is 0.493 e. The highest BCUT2D eigenvalue weighted by molar-refractivity contribution is 5.81. The maximum absolute atomic E-state index is 12.4. The molecule has 0 unspecified atom stereocenters. The number of hydrogen-bond donors (Lipinski definition) is 1. The fraction of sp³-hybridized carbons (Fsp3) is 0.350. The second-order valence-electron chi connectivity index (χ2n) is 6.29. The van der Waals surface area contributed by atoms with Crippen molar-refractivity contribution in [2.75, 3.05) is 7.11 Å². The number of methoxy groups -OCH3 is 1. The zero-order valence-corrected chi connectivity index (χ0v) is 15.7. The van der Waals surface area contributed by atoms with Gasteiger partial charge in [-0.05, 0) is 38.3 Å². The number of nitro groups is 1. The van der Waals surface area contributed by atoms with Gasteiger partial charge in [-0.1, -0.05) is 30.3 Å². The number of carbonyl (C=O) groups excluding carboxylic acids is 1. The summed E-state index contributed by atoms with van der Waals surface area (Å²) in [7, 11) is 1.43. The molecule has 0 aliphatic rings. The monoisotopic (exact) mass is 372 g/mol. The van der Waals surface area contributed by atoms with Crippen molar-refractivity contribution in [1.82, 2.24) is 5.32 Å². The van der Waals surface area contributed by atoms with Crippen molar-refractivity contribution in [3.05, 3.63) is 64.2 Å². The summed E-state index contributed by atoms with van der Waals surface area (Å²) in [6.45, 7) is 3.53. The number of carbonyl (C=O) groups is 1. The molecule has 2 atom stereocenters. The highest BCUT2D eigenvalue weighted by Crippen LogP contribution is 2.31. The van der Waals surface area contributed by atoms with Gasteiger partial charge in [0.15, 0.2) is 17.6 Å². The number of rotatable bonds is 9. The topological polar surface area (TPSA) is 90.7 Å². The predicted octanol–water partition coefficient (Wildman–Crippen LogP) is 3.51. The van der Waals surface area contributed by atoms with E-state index >= 15 is 0 Å². The van der Waals surface area contributed by atoms with Gasteiger partial charge in [-0.25, -0.2) is 0 Å². The molecule has 144 valence electrons. The minimum Gasteiger partial charge on any atom is -0.493 e. The SMILES string of the molecule is COc1ccc([N+](=O)[O-])cc1O[C@@H](C)C(=O)N[C@H](C)CCc1ccccc1. The van der Waals surface area contributed by atoms with Crippen molar-refractivity contribution in [2.45, 2.75) is 38.8 Å². The predicted molar refractivity (Wildman–Crippen MR) is 102 cm³/mol. The number of benzene rings is 2. The van der Waals surface area contributed by atoms with E-state index in [1.165, 1.54) is 30.9 Å². The van der Waals surface area contributed by atoms with Crippen molar-refractivity contribution < 1.29 is 19.2 Å². The minimum atomic E-state index is -0.819. The van der Waals surface area contributed by atoms with E-state index in [4.69, 9.17) is 9.47 Å². The van der Waals surface area contributed by atoms with Crippen LogP contribution in [0, 0.1) is 10.1 Å². The van der Waals surface area contributed by atoms with Crippen LogP contribution in [-0.4, -0.2) is 30.1 Å². The maximum atomic E-state index is 12.4. The van der Waals surface area contributed by atoms with E-state index in [0.29, 0.717) is 5.75 Å². The van der Waals surface area contributed by atoms with Gasteiger partial charge in [-0.15, -0.1) is 0 Å². The molecule has 0 heterocycles. The van der Waals surface area contributed by atoms with Gasteiger partial charge in [0.2, 0.25) is 0 Å². The van der Waals surface area contributed by atoms with Gasteiger partial charge in [-0.3, -0.25) is 14.9 Å². The quantitative estimate of drug-likeness (QED) is 0.537. The van der Waals surface area contributed by atoms with Crippen LogP contribution < -0.4 is 14.8 Å². The van der Waals surface area contributed by atoms with Crippen LogP contribution in [0.3, 0.4) is 0 Å². The van der Waals surface area contributed by atoms with Gasteiger partial charge < -0.3 is 14.8 Å². The van der Waals surface area contributed by atoms with E-state index in [-0.39, 0.29) is 23.4 Å². The number of nitrogens with zero attached hydrogens (tertiary/aromatic N) is 1. The normalized spacial score (nSPS) is 12.7. The van der Waals surface area contributed by atoms with Crippen molar-refractivity contribution in [2.24, 2.45) is 0 Å². The molecule has 0 fully saturated rings. The van der Waals surface area contributed by atoms with Crippen molar-refractivity contribution in [1.29, 1.82) is 0 Å². The van der Waals surface area contributed by atoms with E-state index in [9.17, 15) is 14.9 Å². The summed E-state index contributed by atoms with van der Waals surface area (Å²) < 4.78 is 10.8. The first-order valence-electron chi connectivity index (χ1n) is 8.74. The third-order valence-electron chi connectivity index (χ3n) is 4.13. The molecule has 0 aliphatic heterocycles. The van der Waals surface area contributed by atoms with Crippen LogP contribution in [0.25, 0.3) is 0 Å². The molecule has 1 N–H and O–H groups in total. The zero-order chi connectivity index (χ0) is 19.8. The first-order valence-corrected chi connectivity index (χ1v) is 8.74. The summed E-state index contributed by atoms with van der Waals surface area (Å²) in [5.41, 5.74) is 1.08. The highest BCUT2D eigenvalue weighted by Gasteiger charge is 2.20. The smallest absolute Gasteiger partial charge is 0.273 e. The molecule has 0 aromatic heterocycles. The third kappa shape index (κ3) is 5.99. The Morgan fingerprint density at radius 2 is 1.85 bits per heavy atom. The van der Waals surface area contributed by atoms with Crippen molar-refractivity contribution in [3.63, 3.8) is 0 Å². The molecular weight excluding hydrogens is 348 g/mol. The summed E-state index contributed by atoms with van der Waals surface area (Å²) in [6, 6.07) is 14.0. The highest BCUT2D eigenvalue weighted by atomic mass is 16.6. The van der Waals surface area contributed by atoms with Crippen molar-refractivity contribution in [3.8, 4) is 11.5 Å². The first-order chi connectivity index (χ1) is 12.9. The van der Waals surface area contributed by atoms with Crippen LogP contribution in [0.15, 0.2) is 48.5 Å². The summed E-state index contributed by atoms with van der Waals surface area (Å²) in [5.74, 6) is 0.202. The van der Waals surface area contributed by atoms with Crippen LogP contribution in [0.2, 0.25) is 0 Å². The van der Waals surface area contributed by atoms with Crippen molar-refractivity contribution >= 4 is 11.6 Å². The molecule has 2 rings (SSSR count). The van der Waals surface area contributed by atoms with Crippen LogP contribution in [0.1, 0.15) is 25.8 Å². The molecule has 0 saturated heterocycles. The van der Waals surface area contributed by atoms with E-state index in [1.54, 1.807) is 6.92 Å². The summed E-state index contributed by atoms with van der Waals surface area (Å²) in [4.78, 5) is 22.8. The second-order valence-corrected chi connectivity index (χ2v) is 6.29. The lowest BCUT2D eigenvalue weighted by molar-refractivity contribution is -0.385. The van der Waals surface area contributed by atoms with E-state index in [2.05, 4.69) is 17.4 Å². The first kappa shape index (κ1) is 20.2. The molecule has 0 aliphatic carbocycles. The average molecular weight is 372 g/mol. The number of nitro benzene ring substituents is 1. The fourth-order valence-electron chi connectivity index (χ4n) is 2.58. The number of amides is 1. The van der Waals surface area contributed by atoms with Gasteiger partial charge in [0.1, 0.15) is 0 Å². The number of hydrogen-bond acceptors (Lipinski definition) is 5. The summed E-state index contributed by atoms with van der Waals surface area (Å²) in [6.07, 6.45) is 0.832. The molecule has 0 spiro atoms. The van der Waals surface area contributed by atoms with E-state index < -0.39 is 11.0 Å². The Bertz CT molecular complexity index is 779. The lowest BCUT2D eigenvalue weighted by Crippen LogP contribution is -2.41. The summed E-state index contributed by atoms with van der Waals surface area (Å²) in [5, 5.41) is 13.8. The third-order valence-corrected chi connectivity index (χ3v) is 4.13. The van der Waals surface area contributed by atoms with E-state index in [0.717, 1.165) is 12.8 Å². The molecule has 0 radical (unpaired) electrons. The van der Waals surface area contributed by atoms with Gasteiger partial charge in [-0.2, -0.15) is 0 Å². The Morgan fingerprint density at radius 1 is 1.15 bits per heavy atom. The maximum Gasteiger partial charge on any atom is 0.273 e. The number of nitrogens with one attached hydrogen (secondary N) is 1. The standard InChI is InChI=1S/C20H24N2O5/c1-14(9-10-16-7-5-4-6-8-16)21-20(23)15(2)27-19-13-17(22(24)25)11-12-18(19)26-3/h4-8,11-15H,9-10H2,1-3H3,(H,21,23)/t14-,15+/m1/s1. The summed E-state index contributed by atoms with van der Waals surface area (Å²) >= 11 is 0. The molecule has 2 aromatic carbocycles. The fourth-order valence-corrected chi connectivity index (χ4v) is 2.58. The van der Waals surface area contributed by atoms with Gasteiger partial charge in [0.25, 0.3) is 11.6 Å². The minimum absolute atomic E-state index is 0.0317. The molecule has 7 heteroatoms. The Balaban J connectivity index is 1.93. The number of aryl methyl sites for hydroxylation is 1. The van der Waals surface area contributed by atoms with E-state index in [1.807, 2.05) is 25.1 Å². The lowest BCUT2D eigenvalue weighted by atomic mass is 10.1. The van der Waals surface area contributed by atoms with Gasteiger partial charge in [0, 0.05) is 12.1 Å². The van der Waals surface area contributed by atoms with Crippen LogP contribution in [0.5, 0.6) is 11.5 Å². The van der Waals surface area contributed by atoms with Crippen LogP contribution in [0.4, 0.5) is 5.69 Å². The average Bonchev–Trinajstić information content (AvgIpc) is 2.67. The zero-order valence-electron chi connectivity index (χ0n) is 15.7. The van der Waals surface area contributed by atoms with Gasteiger partial charge >= 0.3 is 0 Å². The molecule has 7 nitrogen and oxygen atoms in total. The molecule has 27 heavy (non-hydrogen) atoms.